The summed E-state index contributed by atoms with van der Waals surface area (Å²) in [7, 11) is -4.23. The van der Waals surface area contributed by atoms with Gasteiger partial charge in [-0.25, -0.2) is 22.7 Å². The summed E-state index contributed by atoms with van der Waals surface area (Å²) in [6.45, 7) is 10.7. The molecule has 42 heavy (non-hydrogen) atoms. The molecular weight excluding hydrogens is 566 g/mol. The molecule has 1 heterocycles. The van der Waals surface area contributed by atoms with Crippen LogP contribution in [0.5, 0.6) is 0 Å². The van der Waals surface area contributed by atoms with Crippen LogP contribution in [0.2, 0.25) is 0 Å². The lowest BCUT2D eigenvalue weighted by Crippen LogP contribution is -2.66. The molecule has 1 aromatic carbocycles. The topological polar surface area (TPSA) is 180 Å². The number of imide groups is 1. The maximum atomic E-state index is 13.5. The summed E-state index contributed by atoms with van der Waals surface area (Å²) < 4.78 is 32.2. The minimum Gasteiger partial charge on any atom is -0.444 e. The fourth-order valence-corrected chi connectivity index (χ4v) is 5.74. The fourth-order valence-electron chi connectivity index (χ4n) is 4.83. The molecule has 13 nitrogen and oxygen atoms in total. The van der Waals surface area contributed by atoms with Crippen LogP contribution in [0.3, 0.4) is 0 Å². The van der Waals surface area contributed by atoms with E-state index in [4.69, 9.17) is 4.74 Å². The van der Waals surface area contributed by atoms with E-state index in [1.165, 1.54) is 17.0 Å². The molecule has 1 saturated heterocycles. The molecule has 1 aromatic rings. The number of ether oxygens (including phenoxy) is 1. The van der Waals surface area contributed by atoms with Crippen molar-refractivity contribution in [2.24, 2.45) is 5.92 Å². The van der Waals surface area contributed by atoms with E-state index in [0.717, 1.165) is 5.56 Å². The maximum Gasteiger partial charge on any atom is 0.408 e. The second kappa shape index (κ2) is 12.7. The molecule has 14 heteroatoms. The first-order valence-electron chi connectivity index (χ1n) is 14.0. The summed E-state index contributed by atoms with van der Waals surface area (Å²) >= 11 is 0. The number of amides is 6. The largest absolute Gasteiger partial charge is 0.444 e. The Hall–Kier alpha value is -3.68. The van der Waals surface area contributed by atoms with Gasteiger partial charge < -0.3 is 20.3 Å². The molecule has 2 atom stereocenters. The lowest BCUT2D eigenvalue weighted by molar-refractivity contribution is -0.144. The molecule has 0 radical (unpaired) electrons. The van der Waals surface area contributed by atoms with E-state index in [2.05, 4.69) is 10.6 Å². The summed E-state index contributed by atoms with van der Waals surface area (Å²) in [4.78, 5) is 66.1. The van der Waals surface area contributed by atoms with E-state index in [1.54, 1.807) is 53.7 Å². The summed E-state index contributed by atoms with van der Waals surface area (Å²) in [6.07, 6.45) is 1.21. The lowest BCUT2D eigenvalue weighted by Gasteiger charge is -2.41. The number of carbonyl (C=O) groups excluding carboxylic acids is 5. The minimum absolute atomic E-state index is 0.144. The van der Waals surface area contributed by atoms with Crippen molar-refractivity contribution in [3.8, 4) is 0 Å². The highest BCUT2D eigenvalue weighted by Gasteiger charge is 2.49. The van der Waals surface area contributed by atoms with E-state index in [1.807, 2.05) is 10.0 Å². The molecule has 3 rings (SSSR count). The number of urea groups is 1. The lowest BCUT2D eigenvalue weighted by atomic mass is 9.75. The van der Waals surface area contributed by atoms with Gasteiger partial charge in [0, 0.05) is 6.54 Å². The predicted octanol–water partition coefficient (Wildman–Crippen LogP) is 2.09. The Morgan fingerprint density at radius 2 is 1.64 bits per heavy atom. The van der Waals surface area contributed by atoms with Gasteiger partial charge >= 0.3 is 12.1 Å². The van der Waals surface area contributed by atoms with E-state index < -0.39 is 63.1 Å². The van der Waals surface area contributed by atoms with Gasteiger partial charge in [0.15, 0.2) is 0 Å². The molecule has 2 aliphatic rings. The highest BCUT2D eigenvalue weighted by Crippen LogP contribution is 2.33. The van der Waals surface area contributed by atoms with Crippen molar-refractivity contribution in [2.45, 2.75) is 102 Å². The number of likely N-dealkylation sites (tertiary alicyclic amines) is 1. The quantitative estimate of drug-likeness (QED) is 0.347. The van der Waals surface area contributed by atoms with Crippen molar-refractivity contribution < 1.29 is 37.1 Å². The third-order valence-electron chi connectivity index (χ3n) is 7.23. The van der Waals surface area contributed by atoms with Crippen LogP contribution in [0, 0.1) is 12.8 Å². The highest BCUT2D eigenvalue weighted by atomic mass is 32.2. The van der Waals surface area contributed by atoms with Crippen LogP contribution in [0.15, 0.2) is 29.2 Å². The van der Waals surface area contributed by atoms with Crippen molar-refractivity contribution in [3.05, 3.63) is 29.8 Å². The average molecular weight is 608 g/mol. The first-order valence-corrected chi connectivity index (χ1v) is 15.5. The van der Waals surface area contributed by atoms with Gasteiger partial charge in [0.25, 0.3) is 15.9 Å². The van der Waals surface area contributed by atoms with Crippen LogP contribution in [0.25, 0.3) is 0 Å². The number of benzene rings is 1. The number of nitrogens with one attached hydrogen (secondary N) is 4. The van der Waals surface area contributed by atoms with Gasteiger partial charge in [-0.1, -0.05) is 31.5 Å². The summed E-state index contributed by atoms with van der Waals surface area (Å²) in [5, 5.41) is 7.37. The number of rotatable bonds is 8. The average Bonchev–Trinajstić information content (AvgIpc) is 3.33. The number of hydrogen-bond donors (Lipinski definition) is 4. The molecular formula is C28H41N5O8S. The van der Waals surface area contributed by atoms with Crippen LogP contribution in [-0.2, 0) is 29.1 Å². The number of nitrogens with zero attached hydrogens (tertiary/aromatic N) is 1. The molecule has 0 spiro atoms. The zero-order valence-corrected chi connectivity index (χ0v) is 25.7. The van der Waals surface area contributed by atoms with Crippen LogP contribution in [0.4, 0.5) is 9.59 Å². The number of sulfonamides is 1. The van der Waals surface area contributed by atoms with Gasteiger partial charge in [-0.3, -0.25) is 19.7 Å². The molecule has 1 aliphatic carbocycles. The maximum absolute atomic E-state index is 13.5. The molecule has 6 amide bonds. The van der Waals surface area contributed by atoms with Crippen LogP contribution >= 0.6 is 0 Å². The Morgan fingerprint density at radius 1 is 1.02 bits per heavy atom. The van der Waals surface area contributed by atoms with Gasteiger partial charge in [0.1, 0.15) is 23.2 Å². The third kappa shape index (κ3) is 7.99. The summed E-state index contributed by atoms with van der Waals surface area (Å²) in [5.74, 6) is -2.15. The van der Waals surface area contributed by atoms with Crippen molar-refractivity contribution >= 4 is 39.9 Å². The van der Waals surface area contributed by atoms with E-state index >= 15 is 0 Å². The Balaban J connectivity index is 1.66. The van der Waals surface area contributed by atoms with Crippen LogP contribution in [0.1, 0.15) is 72.3 Å². The first kappa shape index (κ1) is 32.8. The Morgan fingerprint density at radius 3 is 2.17 bits per heavy atom. The molecule has 0 bridgehead atoms. The van der Waals surface area contributed by atoms with Gasteiger partial charge in [0.05, 0.1) is 4.90 Å². The number of carbonyl (C=O) groups is 5. The van der Waals surface area contributed by atoms with E-state index in [0.29, 0.717) is 19.3 Å². The van der Waals surface area contributed by atoms with Gasteiger partial charge in [-0.15, -0.1) is 0 Å². The molecule has 4 N–H and O–H groups in total. The van der Waals surface area contributed by atoms with E-state index in [-0.39, 0.29) is 30.2 Å². The third-order valence-corrected chi connectivity index (χ3v) is 8.58. The molecule has 2 fully saturated rings. The highest BCUT2D eigenvalue weighted by molar-refractivity contribution is 7.90. The van der Waals surface area contributed by atoms with Gasteiger partial charge in [-0.2, -0.15) is 0 Å². The van der Waals surface area contributed by atoms with E-state index in [9.17, 15) is 32.4 Å². The Bertz CT molecular complexity index is 1320. The zero-order valence-electron chi connectivity index (χ0n) is 24.9. The minimum atomic E-state index is -4.23. The Kier molecular flexibility index (Phi) is 9.91. The van der Waals surface area contributed by atoms with Gasteiger partial charge in [-0.05, 0) is 77.8 Å². The smallest absolute Gasteiger partial charge is 0.408 e. The standard InChI is InChI=1S/C28H41N5O8S/c1-17(2)21(29-26(38)41-27(4,5)6)23(35)33-16-7-9-20(33)22(34)31-28(14-8-15-28)24(36)30-25(37)32-42(39,40)19-12-10-18(3)11-13-19/h10-13,17,20-21H,7-9,14-16H2,1-6H3,(H,29,38)(H,31,34)(H2,30,32,36,37)/t20-,21-/m0/s1. The zero-order chi connectivity index (χ0) is 31.5. The van der Waals surface area contributed by atoms with Crippen LogP contribution in [-0.4, -0.2) is 72.9 Å². The van der Waals surface area contributed by atoms with Crippen molar-refractivity contribution in [1.29, 1.82) is 0 Å². The summed E-state index contributed by atoms with van der Waals surface area (Å²) in [5.41, 5.74) is -1.35. The normalized spacial score (nSPS) is 18.8. The first-order chi connectivity index (χ1) is 19.4. The van der Waals surface area contributed by atoms with Crippen molar-refractivity contribution in [3.63, 3.8) is 0 Å². The van der Waals surface area contributed by atoms with Crippen molar-refractivity contribution in [2.75, 3.05) is 6.54 Å². The Labute approximate surface area is 246 Å². The van der Waals surface area contributed by atoms with Crippen molar-refractivity contribution in [1.82, 2.24) is 25.6 Å². The molecule has 1 saturated carbocycles. The monoisotopic (exact) mass is 607 g/mol. The van der Waals surface area contributed by atoms with Gasteiger partial charge in [0.2, 0.25) is 11.8 Å². The predicted molar refractivity (Wildman–Crippen MR) is 152 cm³/mol. The number of hydrogen-bond acceptors (Lipinski definition) is 8. The molecule has 1 aliphatic heterocycles. The second-order valence-corrected chi connectivity index (χ2v) is 13.9. The second-order valence-electron chi connectivity index (χ2n) is 12.2. The number of alkyl carbamates (subject to hydrolysis) is 1. The SMILES string of the molecule is Cc1ccc(S(=O)(=O)NC(=O)NC(=O)C2(NC(=O)[C@@H]3CCCN3C(=O)[C@@H](NC(=O)OC(C)(C)C)C(C)C)CCC2)cc1. The molecule has 0 unspecified atom stereocenters. The molecule has 232 valence electrons. The fraction of sp³-hybridized carbons (Fsp3) is 0.607. The van der Waals surface area contributed by atoms with Crippen LogP contribution < -0.4 is 20.7 Å². The summed E-state index contributed by atoms with van der Waals surface area (Å²) in [6, 6.07) is 2.75. The number of aryl methyl sites for hydroxylation is 1. The molecule has 0 aromatic heterocycles.